The van der Waals surface area contributed by atoms with Crippen molar-refractivity contribution >= 4 is 11.9 Å². The zero-order valence-corrected chi connectivity index (χ0v) is 9.43. The third kappa shape index (κ3) is 4.24. The van der Waals surface area contributed by atoms with Crippen molar-refractivity contribution in [2.75, 3.05) is 6.54 Å². The Morgan fingerprint density at radius 3 is 2.47 bits per heavy atom. The van der Waals surface area contributed by atoms with Crippen molar-refractivity contribution in [2.45, 2.75) is 18.9 Å². The fourth-order valence-corrected chi connectivity index (χ4v) is 1.41. The zero-order valence-electron chi connectivity index (χ0n) is 9.43. The van der Waals surface area contributed by atoms with Crippen LogP contribution in [-0.2, 0) is 4.79 Å². The van der Waals surface area contributed by atoms with E-state index in [1.165, 1.54) is 0 Å². The third-order valence-corrected chi connectivity index (χ3v) is 2.34. The molecule has 0 fully saturated rings. The molecule has 4 N–H and O–H groups in total. The van der Waals surface area contributed by atoms with Crippen LogP contribution >= 0.6 is 0 Å². The predicted octanol–water partition coefficient (Wildman–Crippen LogP) is 0.608. The first kappa shape index (κ1) is 13.2. The van der Waals surface area contributed by atoms with Crippen LogP contribution in [0, 0.1) is 0 Å². The molecule has 0 bridgehead atoms. The number of carboxylic acid groups (broad SMARTS) is 1. The van der Waals surface area contributed by atoms with Crippen molar-refractivity contribution in [1.82, 2.24) is 5.32 Å². The summed E-state index contributed by atoms with van der Waals surface area (Å²) in [6, 6.07) is 7.63. The number of hydrogen-bond donors (Lipinski definition) is 3. The van der Waals surface area contributed by atoms with E-state index in [0.717, 1.165) is 0 Å². The summed E-state index contributed by atoms with van der Waals surface area (Å²) in [7, 11) is 0. The van der Waals surface area contributed by atoms with Gasteiger partial charge in [-0.25, -0.2) is 4.79 Å². The molecule has 1 aromatic carbocycles. The van der Waals surface area contributed by atoms with Gasteiger partial charge < -0.3 is 16.2 Å². The number of carbonyl (C=O) groups is 2. The Labute approximate surface area is 99.6 Å². The molecular formula is C12H16N2O3. The summed E-state index contributed by atoms with van der Waals surface area (Å²) in [5, 5.41) is 11.4. The van der Waals surface area contributed by atoms with Crippen molar-refractivity contribution in [1.29, 1.82) is 0 Å². The van der Waals surface area contributed by atoms with E-state index in [9.17, 15) is 9.59 Å². The molecule has 0 saturated carbocycles. The first-order valence-electron chi connectivity index (χ1n) is 5.44. The van der Waals surface area contributed by atoms with Crippen LogP contribution in [0.15, 0.2) is 30.3 Å². The minimum absolute atomic E-state index is 0.338. The quantitative estimate of drug-likeness (QED) is 0.674. The highest BCUT2D eigenvalue weighted by atomic mass is 16.4. The molecule has 0 radical (unpaired) electrons. The topological polar surface area (TPSA) is 92.4 Å². The molecule has 0 spiro atoms. The smallest absolute Gasteiger partial charge is 0.326 e. The fraction of sp³-hybridized carbons (Fsp3) is 0.333. The van der Waals surface area contributed by atoms with Gasteiger partial charge in [0, 0.05) is 5.56 Å². The lowest BCUT2D eigenvalue weighted by Crippen LogP contribution is -2.41. The molecule has 0 heterocycles. The highest BCUT2D eigenvalue weighted by Gasteiger charge is 2.19. The Kier molecular flexibility index (Phi) is 5.16. The number of nitrogens with two attached hydrogens (primary N) is 1. The first-order valence-corrected chi connectivity index (χ1v) is 5.44. The van der Waals surface area contributed by atoms with Crippen molar-refractivity contribution in [2.24, 2.45) is 5.73 Å². The number of nitrogens with one attached hydrogen (secondary N) is 1. The largest absolute Gasteiger partial charge is 0.480 e. The second-order valence-electron chi connectivity index (χ2n) is 3.66. The van der Waals surface area contributed by atoms with E-state index >= 15 is 0 Å². The van der Waals surface area contributed by atoms with E-state index in [2.05, 4.69) is 5.32 Å². The van der Waals surface area contributed by atoms with Crippen LogP contribution in [0.1, 0.15) is 23.2 Å². The van der Waals surface area contributed by atoms with Crippen LogP contribution in [0.5, 0.6) is 0 Å². The highest BCUT2D eigenvalue weighted by molar-refractivity contribution is 5.96. The average Bonchev–Trinajstić information content (AvgIpc) is 2.35. The van der Waals surface area contributed by atoms with Crippen LogP contribution < -0.4 is 11.1 Å². The summed E-state index contributed by atoms with van der Waals surface area (Å²) in [6.45, 7) is 0.408. The number of hydrogen-bond acceptors (Lipinski definition) is 3. The summed E-state index contributed by atoms with van der Waals surface area (Å²) in [5.74, 6) is -1.42. The SMILES string of the molecule is NCCC[C@@H](NC(=O)c1ccccc1)C(=O)O. The molecule has 92 valence electrons. The molecule has 0 aliphatic heterocycles. The number of amides is 1. The number of rotatable bonds is 6. The monoisotopic (exact) mass is 236 g/mol. The molecule has 1 atom stereocenters. The Morgan fingerprint density at radius 1 is 1.29 bits per heavy atom. The van der Waals surface area contributed by atoms with E-state index in [4.69, 9.17) is 10.8 Å². The van der Waals surface area contributed by atoms with Gasteiger partial charge in [-0.2, -0.15) is 0 Å². The lowest BCUT2D eigenvalue weighted by Gasteiger charge is -2.13. The second-order valence-corrected chi connectivity index (χ2v) is 3.66. The van der Waals surface area contributed by atoms with Crippen LogP contribution in [0.2, 0.25) is 0 Å². The summed E-state index contributed by atoms with van der Waals surface area (Å²) in [6.07, 6.45) is 0.899. The zero-order chi connectivity index (χ0) is 12.7. The molecule has 5 nitrogen and oxygen atoms in total. The maximum Gasteiger partial charge on any atom is 0.326 e. The minimum atomic E-state index is -1.04. The van der Waals surface area contributed by atoms with Crippen LogP contribution in [0.25, 0.3) is 0 Å². The van der Waals surface area contributed by atoms with Crippen molar-refractivity contribution in [3.8, 4) is 0 Å². The molecule has 1 amide bonds. The van der Waals surface area contributed by atoms with Gasteiger partial charge in [0.2, 0.25) is 0 Å². The lowest BCUT2D eigenvalue weighted by molar-refractivity contribution is -0.139. The molecule has 0 aromatic heterocycles. The van der Waals surface area contributed by atoms with Crippen LogP contribution in [-0.4, -0.2) is 29.6 Å². The molecule has 1 rings (SSSR count). The van der Waals surface area contributed by atoms with E-state index in [-0.39, 0.29) is 5.91 Å². The van der Waals surface area contributed by atoms with Crippen LogP contribution in [0.3, 0.4) is 0 Å². The van der Waals surface area contributed by atoms with Gasteiger partial charge in [-0.15, -0.1) is 0 Å². The molecule has 0 saturated heterocycles. The van der Waals surface area contributed by atoms with Gasteiger partial charge >= 0.3 is 5.97 Å². The molecular weight excluding hydrogens is 220 g/mol. The van der Waals surface area contributed by atoms with Gasteiger partial charge in [-0.05, 0) is 31.5 Å². The Bertz CT molecular complexity index is 379. The first-order chi connectivity index (χ1) is 8.15. The summed E-state index contributed by atoms with van der Waals surface area (Å²) < 4.78 is 0. The van der Waals surface area contributed by atoms with Gasteiger partial charge in [0.1, 0.15) is 6.04 Å². The van der Waals surface area contributed by atoms with Crippen molar-refractivity contribution in [3.05, 3.63) is 35.9 Å². The number of carboxylic acids is 1. The number of aliphatic carboxylic acids is 1. The van der Waals surface area contributed by atoms with Gasteiger partial charge in [-0.1, -0.05) is 18.2 Å². The van der Waals surface area contributed by atoms with Gasteiger partial charge in [-0.3, -0.25) is 4.79 Å². The van der Waals surface area contributed by atoms with Gasteiger partial charge in [0.25, 0.3) is 5.91 Å². The van der Waals surface area contributed by atoms with Crippen molar-refractivity contribution in [3.63, 3.8) is 0 Å². The third-order valence-electron chi connectivity index (χ3n) is 2.34. The Morgan fingerprint density at radius 2 is 1.94 bits per heavy atom. The summed E-state index contributed by atoms with van der Waals surface area (Å²) in [5.41, 5.74) is 5.76. The molecule has 5 heteroatoms. The second kappa shape index (κ2) is 6.65. The fourth-order valence-electron chi connectivity index (χ4n) is 1.41. The molecule has 1 aromatic rings. The molecule has 0 unspecified atom stereocenters. The van der Waals surface area contributed by atoms with Gasteiger partial charge in [0.15, 0.2) is 0 Å². The molecule has 17 heavy (non-hydrogen) atoms. The summed E-state index contributed by atoms with van der Waals surface area (Å²) >= 11 is 0. The predicted molar refractivity (Wildman–Crippen MR) is 63.6 cm³/mol. The van der Waals surface area contributed by atoms with Crippen molar-refractivity contribution < 1.29 is 14.7 Å². The van der Waals surface area contributed by atoms with Gasteiger partial charge in [0.05, 0.1) is 0 Å². The number of benzene rings is 1. The standard InChI is InChI=1S/C12H16N2O3/c13-8-4-7-10(12(16)17)14-11(15)9-5-2-1-3-6-9/h1-3,5-6,10H,4,7-8,13H2,(H,14,15)(H,16,17)/t10-/m1/s1. The maximum absolute atomic E-state index is 11.7. The van der Waals surface area contributed by atoms with E-state index < -0.39 is 12.0 Å². The maximum atomic E-state index is 11.7. The number of carbonyl (C=O) groups excluding carboxylic acids is 1. The lowest BCUT2D eigenvalue weighted by atomic mass is 10.1. The Balaban J connectivity index is 2.61. The van der Waals surface area contributed by atoms with E-state index in [1.807, 2.05) is 0 Å². The summed E-state index contributed by atoms with van der Waals surface area (Å²) in [4.78, 5) is 22.6. The van der Waals surface area contributed by atoms with E-state index in [1.54, 1.807) is 30.3 Å². The van der Waals surface area contributed by atoms with Crippen LogP contribution in [0.4, 0.5) is 0 Å². The average molecular weight is 236 g/mol. The molecule has 0 aliphatic rings. The minimum Gasteiger partial charge on any atom is -0.480 e. The normalized spacial score (nSPS) is 11.8. The van der Waals surface area contributed by atoms with E-state index in [0.29, 0.717) is 24.9 Å². The highest BCUT2D eigenvalue weighted by Crippen LogP contribution is 2.02. The Hall–Kier alpha value is -1.88. The molecule has 0 aliphatic carbocycles.